The number of fused-ring (bicyclic) bond motifs is 1. The molecule has 1 N–H and O–H groups in total. The van der Waals surface area contributed by atoms with Crippen LogP contribution in [-0.2, 0) is 0 Å². The van der Waals surface area contributed by atoms with Crippen molar-refractivity contribution in [2.24, 2.45) is 0 Å². The Morgan fingerprint density at radius 1 is 1.07 bits per heavy atom. The minimum absolute atomic E-state index is 0.209. The molecule has 0 fully saturated rings. The van der Waals surface area contributed by atoms with Gasteiger partial charge >= 0.3 is 0 Å². The molecular weight excluding hydrogens is 352 g/mol. The fourth-order valence-electron chi connectivity index (χ4n) is 3.03. The van der Waals surface area contributed by atoms with Gasteiger partial charge in [0.15, 0.2) is 5.58 Å². The Morgan fingerprint density at radius 2 is 1.93 bits per heavy atom. The standard InChI is InChI=1S/C23H20N2O3/c1-3-27-18-9-6-8-16(13-18)22(26)24-17-11-12-20-21(14-17)28-23(25-20)19-10-5-4-7-15(19)2/h4-14H,3H2,1-2H3,(H,24,26). The van der Waals surface area contributed by atoms with Gasteiger partial charge in [-0.3, -0.25) is 4.79 Å². The average molecular weight is 372 g/mol. The number of rotatable bonds is 5. The van der Waals surface area contributed by atoms with Crippen LogP contribution in [0.3, 0.4) is 0 Å². The molecule has 4 aromatic rings. The van der Waals surface area contributed by atoms with Crippen molar-refractivity contribution in [2.45, 2.75) is 13.8 Å². The van der Waals surface area contributed by atoms with Gasteiger partial charge in [0.1, 0.15) is 11.3 Å². The van der Waals surface area contributed by atoms with Crippen LogP contribution in [0.25, 0.3) is 22.6 Å². The van der Waals surface area contributed by atoms with E-state index in [1.165, 1.54) is 0 Å². The fourth-order valence-corrected chi connectivity index (χ4v) is 3.03. The van der Waals surface area contributed by atoms with E-state index in [4.69, 9.17) is 9.15 Å². The monoisotopic (exact) mass is 372 g/mol. The predicted molar refractivity (Wildman–Crippen MR) is 110 cm³/mol. The van der Waals surface area contributed by atoms with Crippen molar-refractivity contribution in [1.82, 2.24) is 4.98 Å². The second-order valence-electron chi connectivity index (χ2n) is 6.43. The zero-order valence-electron chi connectivity index (χ0n) is 15.7. The molecule has 5 nitrogen and oxygen atoms in total. The molecule has 0 spiro atoms. The van der Waals surface area contributed by atoms with Gasteiger partial charge in [0.2, 0.25) is 5.89 Å². The first kappa shape index (κ1) is 17.8. The molecule has 0 aliphatic heterocycles. The summed E-state index contributed by atoms with van der Waals surface area (Å²) in [7, 11) is 0. The summed E-state index contributed by atoms with van der Waals surface area (Å²) >= 11 is 0. The largest absolute Gasteiger partial charge is 0.494 e. The summed E-state index contributed by atoms with van der Waals surface area (Å²) in [5, 5.41) is 2.90. The second-order valence-corrected chi connectivity index (χ2v) is 6.43. The van der Waals surface area contributed by atoms with Crippen molar-refractivity contribution in [1.29, 1.82) is 0 Å². The quantitative estimate of drug-likeness (QED) is 0.506. The molecule has 1 amide bonds. The van der Waals surface area contributed by atoms with Crippen molar-refractivity contribution >= 4 is 22.7 Å². The third kappa shape index (κ3) is 3.60. The number of nitrogens with one attached hydrogen (secondary N) is 1. The third-order valence-corrected chi connectivity index (χ3v) is 4.43. The lowest BCUT2D eigenvalue weighted by molar-refractivity contribution is 0.102. The topological polar surface area (TPSA) is 64.4 Å². The van der Waals surface area contributed by atoms with E-state index in [1.807, 2.05) is 56.3 Å². The Labute approximate surface area is 163 Å². The van der Waals surface area contributed by atoms with E-state index < -0.39 is 0 Å². The number of oxazole rings is 1. The van der Waals surface area contributed by atoms with Gasteiger partial charge in [-0.2, -0.15) is 0 Å². The Balaban J connectivity index is 1.59. The van der Waals surface area contributed by atoms with Gasteiger partial charge in [0, 0.05) is 22.9 Å². The normalized spacial score (nSPS) is 10.8. The van der Waals surface area contributed by atoms with Crippen LogP contribution in [0.5, 0.6) is 5.75 Å². The molecular formula is C23H20N2O3. The smallest absolute Gasteiger partial charge is 0.255 e. The second kappa shape index (κ2) is 7.56. The molecule has 3 aromatic carbocycles. The number of aromatic nitrogens is 1. The van der Waals surface area contributed by atoms with Crippen LogP contribution in [0, 0.1) is 6.92 Å². The number of amides is 1. The molecule has 5 heteroatoms. The van der Waals surface area contributed by atoms with Crippen LogP contribution >= 0.6 is 0 Å². The Morgan fingerprint density at radius 3 is 2.75 bits per heavy atom. The highest BCUT2D eigenvalue weighted by atomic mass is 16.5. The maximum absolute atomic E-state index is 12.6. The Hall–Kier alpha value is -3.60. The van der Waals surface area contributed by atoms with E-state index in [2.05, 4.69) is 10.3 Å². The summed E-state index contributed by atoms with van der Waals surface area (Å²) in [5.41, 5.74) is 4.60. The van der Waals surface area contributed by atoms with Gasteiger partial charge in [-0.15, -0.1) is 0 Å². The number of anilines is 1. The first-order chi connectivity index (χ1) is 13.6. The fraction of sp³-hybridized carbons (Fsp3) is 0.130. The van der Waals surface area contributed by atoms with E-state index in [-0.39, 0.29) is 5.91 Å². The van der Waals surface area contributed by atoms with Crippen molar-refractivity contribution in [2.75, 3.05) is 11.9 Å². The highest BCUT2D eigenvalue weighted by Crippen LogP contribution is 2.28. The SMILES string of the molecule is CCOc1cccc(C(=O)Nc2ccc3nc(-c4ccccc4C)oc3c2)c1. The lowest BCUT2D eigenvalue weighted by atomic mass is 10.1. The van der Waals surface area contributed by atoms with E-state index >= 15 is 0 Å². The molecule has 140 valence electrons. The predicted octanol–water partition coefficient (Wildman–Crippen LogP) is 5.45. The first-order valence-electron chi connectivity index (χ1n) is 9.15. The first-order valence-corrected chi connectivity index (χ1v) is 9.15. The van der Waals surface area contributed by atoms with Crippen LogP contribution in [0.1, 0.15) is 22.8 Å². The molecule has 0 radical (unpaired) electrons. The number of hydrogen-bond acceptors (Lipinski definition) is 4. The average Bonchev–Trinajstić information content (AvgIpc) is 3.12. The van der Waals surface area contributed by atoms with Crippen LogP contribution in [-0.4, -0.2) is 17.5 Å². The number of carbonyl (C=O) groups is 1. The lowest BCUT2D eigenvalue weighted by Gasteiger charge is -2.07. The van der Waals surface area contributed by atoms with Crippen molar-refractivity contribution in [3.63, 3.8) is 0 Å². The van der Waals surface area contributed by atoms with Crippen LogP contribution < -0.4 is 10.1 Å². The minimum Gasteiger partial charge on any atom is -0.494 e. The van der Waals surface area contributed by atoms with Crippen LogP contribution in [0.4, 0.5) is 5.69 Å². The number of ether oxygens (including phenoxy) is 1. The number of benzene rings is 3. The van der Waals surface area contributed by atoms with E-state index in [0.29, 0.717) is 35.1 Å². The third-order valence-electron chi connectivity index (χ3n) is 4.43. The lowest BCUT2D eigenvalue weighted by Crippen LogP contribution is -2.11. The summed E-state index contributed by atoms with van der Waals surface area (Å²) in [5.74, 6) is 1.03. The zero-order chi connectivity index (χ0) is 19.5. The van der Waals surface area contributed by atoms with Gasteiger partial charge in [0.25, 0.3) is 5.91 Å². The Bertz CT molecular complexity index is 1150. The van der Waals surface area contributed by atoms with Gasteiger partial charge in [-0.05, 0) is 55.8 Å². The summed E-state index contributed by atoms with van der Waals surface area (Å²) in [4.78, 5) is 17.1. The molecule has 0 aliphatic rings. The molecule has 1 aromatic heterocycles. The van der Waals surface area contributed by atoms with Gasteiger partial charge in [-0.25, -0.2) is 4.98 Å². The van der Waals surface area contributed by atoms with Crippen molar-refractivity contribution in [3.8, 4) is 17.2 Å². The number of nitrogens with zero attached hydrogens (tertiary/aromatic N) is 1. The minimum atomic E-state index is -0.209. The molecule has 0 unspecified atom stereocenters. The van der Waals surface area contributed by atoms with Gasteiger partial charge in [0.05, 0.1) is 6.61 Å². The highest BCUT2D eigenvalue weighted by molar-refractivity contribution is 6.05. The van der Waals surface area contributed by atoms with Crippen molar-refractivity contribution in [3.05, 3.63) is 77.9 Å². The van der Waals surface area contributed by atoms with Gasteiger partial charge in [-0.1, -0.05) is 24.3 Å². The molecule has 0 aliphatic carbocycles. The van der Waals surface area contributed by atoms with Crippen LogP contribution in [0.15, 0.2) is 71.1 Å². The number of aryl methyl sites for hydroxylation is 1. The van der Waals surface area contributed by atoms with E-state index in [1.54, 1.807) is 24.3 Å². The van der Waals surface area contributed by atoms with Crippen LogP contribution in [0.2, 0.25) is 0 Å². The van der Waals surface area contributed by atoms with Crippen molar-refractivity contribution < 1.29 is 13.9 Å². The summed E-state index contributed by atoms with van der Waals surface area (Å²) in [6.07, 6.45) is 0. The number of carbonyl (C=O) groups excluding carboxylic acids is 1. The molecule has 0 bridgehead atoms. The molecule has 4 rings (SSSR count). The summed E-state index contributed by atoms with van der Waals surface area (Å²) < 4.78 is 11.4. The number of hydrogen-bond donors (Lipinski definition) is 1. The van der Waals surface area contributed by atoms with Gasteiger partial charge < -0.3 is 14.5 Å². The Kier molecular flexibility index (Phi) is 4.81. The zero-order valence-corrected chi connectivity index (χ0v) is 15.7. The molecule has 28 heavy (non-hydrogen) atoms. The van der Waals surface area contributed by atoms with E-state index in [9.17, 15) is 4.79 Å². The molecule has 0 saturated carbocycles. The highest BCUT2D eigenvalue weighted by Gasteiger charge is 2.12. The maximum Gasteiger partial charge on any atom is 0.255 e. The summed E-state index contributed by atoms with van der Waals surface area (Å²) in [6, 6.07) is 20.5. The molecule has 1 heterocycles. The summed E-state index contributed by atoms with van der Waals surface area (Å²) in [6.45, 7) is 4.48. The molecule has 0 atom stereocenters. The van der Waals surface area contributed by atoms with E-state index in [0.717, 1.165) is 16.6 Å². The maximum atomic E-state index is 12.6. The molecule has 0 saturated heterocycles.